The van der Waals surface area contributed by atoms with E-state index in [1.165, 1.54) is 19.9 Å². The minimum Gasteiger partial charge on any atom is -0.247 e. The molecule has 1 aromatic rings. The molecule has 0 spiro atoms. The molecule has 0 aromatic carbocycles. The SMILES string of the molecule is C=CCn1c(=O)n(C(=C)C)c(=O)n(C(=C)C)c1=O. The molecule has 0 N–H and O–H groups in total. The molecular weight excluding hydrogens is 234 g/mol. The van der Waals surface area contributed by atoms with Gasteiger partial charge in [-0.1, -0.05) is 19.2 Å². The minimum absolute atomic E-state index is 0.0124. The zero-order valence-corrected chi connectivity index (χ0v) is 10.5. The highest BCUT2D eigenvalue weighted by molar-refractivity contribution is 5.40. The molecule has 0 aliphatic rings. The van der Waals surface area contributed by atoms with Crippen molar-refractivity contribution < 1.29 is 0 Å². The monoisotopic (exact) mass is 249 g/mol. The summed E-state index contributed by atoms with van der Waals surface area (Å²) in [6.07, 6.45) is 1.40. The molecule has 0 amide bonds. The number of nitrogens with zero attached hydrogens (tertiary/aromatic N) is 3. The van der Waals surface area contributed by atoms with Gasteiger partial charge in [-0.2, -0.15) is 0 Å². The average molecular weight is 249 g/mol. The second-order valence-corrected chi connectivity index (χ2v) is 3.89. The van der Waals surface area contributed by atoms with Crippen LogP contribution < -0.4 is 17.1 Å². The van der Waals surface area contributed by atoms with Crippen LogP contribution in [-0.4, -0.2) is 13.7 Å². The van der Waals surface area contributed by atoms with E-state index in [0.717, 1.165) is 13.7 Å². The van der Waals surface area contributed by atoms with Crippen molar-refractivity contribution in [2.45, 2.75) is 20.4 Å². The lowest BCUT2D eigenvalue weighted by atomic mass is 10.5. The van der Waals surface area contributed by atoms with Crippen LogP contribution in [0, 0.1) is 0 Å². The van der Waals surface area contributed by atoms with E-state index in [2.05, 4.69) is 19.7 Å². The Hall–Kier alpha value is -2.37. The second kappa shape index (κ2) is 4.87. The Morgan fingerprint density at radius 3 is 1.67 bits per heavy atom. The van der Waals surface area contributed by atoms with Gasteiger partial charge in [-0.3, -0.25) is 0 Å². The van der Waals surface area contributed by atoms with Gasteiger partial charge >= 0.3 is 17.1 Å². The highest BCUT2D eigenvalue weighted by Gasteiger charge is 2.15. The lowest BCUT2D eigenvalue weighted by Crippen LogP contribution is -2.53. The van der Waals surface area contributed by atoms with Gasteiger partial charge in [0.05, 0.1) is 6.54 Å². The molecule has 0 fully saturated rings. The van der Waals surface area contributed by atoms with Crippen LogP contribution in [0.3, 0.4) is 0 Å². The lowest BCUT2D eigenvalue weighted by Gasteiger charge is -2.12. The smallest absolute Gasteiger partial charge is 0.247 e. The third-order valence-corrected chi connectivity index (χ3v) is 2.30. The van der Waals surface area contributed by atoms with Crippen LogP contribution >= 0.6 is 0 Å². The van der Waals surface area contributed by atoms with Crippen molar-refractivity contribution in [1.82, 2.24) is 13.7 Å². The fourth-order valence-electron chi connectivity index (χ4n) is 1.53. The van der Waals surface area contributed by atoms with E-state index in [1.807, 2.05) is 0 Å². The number of aromatic nitrogens is 3. The summed E-state index contributed by atoms with van der Waals surface area (Å²) in [5, 5.41) is 0. The molecular formula is C12H15N3O3. The second-order valence-electron chi connectivity index (χ2n) is 3.89. The van der Waals surface area contributed by atoms with Gasteiger partial charge in [0.2, 0.25) is 0 Å². The average Bonchev–Trinajstić information content (AvgIpc) is 2.23. The zero-order valence-electron chi connectivity index (χ0n) is 10.5. The summed E-state index contributed by atoms with van der Waals surface area (Å²) in [5.74, 6) is 0. The maximum Gasteiger partial charge on any atom is 0.345 e. The molecule has 0 bridgehead atoms. The van der Waals surface area contributed by atoms with E-state index in [9.17, 15) is 14.4 Å². The van der Waals surface area contributed by atoms with Crippen molar-refractivity contribution in [1.29, 1.82) is 0 Å². The molecule has 1 heterocycles. The normalized spacial score (nSPS) is 10.1. The van der Waals surface area contributed by atoms with Gasteiger partial charge in [-0.05, 0) is 13.8 Å². The molecule has 1 rings (SSSR count). The Morgan fingerprint density at radius 1 is 1.00 bits per heavy atom. The summed E-state index contributed by atoms with van der Waals surface area (Å²) in [6, 6.07) is 0. The van der Waals surface area contributed by atoms with Crippen molar-refractivity contribution in [2.24, 2.45) is 0 Å². The molecule has 0 aliphatic heterocycles. The van der Waals surface area contributed by atoms with E-state index in [-0.39, 0.29) is 17.9 Å². The summed E-state index contributed by atoms with van der Waals surface area (Å²) in [6.45, 7) is 13.6. The first-order valence-electron chi connectivity index (χ1n) is 5.24. The fraction of sp³-hybridized carbons (Fsp3) is 0.250. The predicted octanol–water partition coefficient (Wildman–Crippen LogP) is 0.339. The van der Waals surface area contributed by atoms with Crippen LogP contribution in [-0.2, 0) is 6.54 Å². The summed E-state index contributed by atoms with van der Waals surface area (Å²) < 4.78 is 2.57. The van der Waals surface area contributed by atoms with Crippen LogP contribution in [0.25, 0.3) is 11.4 Å². The molecule has 0 aliphatic carbocycles. The van der Waals surface area contributed by atoms with Crippen LogP contribution in [0.4, 0.5) is 0 Å². The maximum absolute atomic E-state index is 12.0. The van der Waals surface area contributed by atoms with E-state index >= 15 is 0 Å². The molecule has 96 valence electrons. The fourth-order valence-corrected chi connectivity index (χ4v) is 1.53. The Kier molecular flexibility index (Phi) is 3.70. The molecule has 6 heteroatoms. The molecule has 0 saturated heterocycles. The predicted molar refractivity (Wildman–Crippen MR) is 71.4 cm³/mol. The third kappa shape index (κ3) is 2.04. The summed E-state index contributed by atoms with van der Waals surface area (Å²) in [7, 11) is 0. The van der Waals surface area contributed by atoms with Crippen LogP contribution in [0.2, 0.25) is 0 Å². The number of rotatable bonds is 4. The zero-order chi connectivity index (χ0) is 14.0. The Morgan fingerprint density at radius 2 is 1.39 bits per heavy atom. The molecule has 0 unspecified atom stereocenters. The van der Waals surface area contributed by atoms with Crippen LogP contribution in [0.15, 0.2) is 40.2 Å². The largest absolute Gasteiger partial charge is 0.345 e. The highest BCUT2D eigenvalue weighted by atomic mass is 16.2. The van der Waals surface area contributed by atoms with Crippen molar-refractivity contribution in [3.8, 4) is 0 Å². The number of hydrogen-bond donors (Lipinski definition) is 0. The first kappa shape index (κ1) is 13.7. The van der Waals surface area contributed by atoms with Crippen molar-refractivity contribution in [3.63, 3.8) is 0 Å². The molecule has 0 saturated carbocycles. The summed E-state index contributed by atoms with van der Waals surface area (Å²) in [5.41, 5.74) is -1.74. The lowest BCUT2D eigenvalue weighted by molar-refractivity contribution is 0.596. The van der Waals surface area contributed by atoms with Crippen molar-refractivity contribution in [2.75, 3.05) is 0 Å². The van der Waals surface area contributed by atoms with Gasteiger partial charge in [0.1, 0.15) is 0 Å². The van der Waals surface area contributed by atoms with E-state index in [0.29, 0.717) is 0 Å². The molecule has 0 radical (unpaired) electrons. The Labute approximate surface area is 103 Å². The standard InChI is InChI=1S/C12H15N3O3/c1-6-7-13-10(16)14(8(2)3)12(18)15(9(4)5)11(13)17/h6H,1-2,4,7H2,3,5H3. The van der Waals surface area contributed by atoms with E-state index < -0.39 is 17.1 Å². The number of allylic oxidation sites excluding steroid dienone is 3. The van der Waals surface area contributed by atoms with Crippen molar-refractivity contribution in [3.05, 3.63) is 57.3 Å². The van der Waals surface area contributed by atoms with Crippen LogP contribution in [0.1, 0.15) is 13.8 Å². The quantitative estimate of drug-likeness (QED) is 0.723. The first-order chi connectivity index (χ1) is 8.32. The van der Waals surface area contributed by atoms with E-state index in [4.69, 9.17) is 0 Å². The van der Waals surface area contributed by atoms with Gasteiger partial charge in [-0.25, -0.2) is 28.1 Å². The topological polar surface area (TPSA) is 66.0 Å². The third-order valence-electron chi connectivity index (χ3n) is 2.30. The van der Waals surface area contributed by atoms with E-state index in [1.54, 1.807) is 0 Å². The van der Waals surface area contributed by atoms with Gasteiger partial charge in [-0.15, -0.1) is 6.58 Å². The van der Waals surface area contributed by atoms with Crippen molar-refractivity contribution >= 4 is 11.4 Å². The summed E-state index contributed by atoms with van der Waals surface area (Å²) >= 11 is 0. The Bertz CT molecular complexity index is 648. The maximum atomic E-state index is 12.0. The number of hydrogen-bond acceptors (Lipinski definition) is 3. The van der Waals surface area contributed by atoms with Gasteiger partial charge in [0, 0.05) is 11.4 Å². The minimum atomic E-state index is -0.759. The molecule has 1 aromatic heterocycles. The first-order valence-corrected chi connectivity index (χ1v) is 5.24. The summed E-state index contributed by atoms with van der Waals surface area (Å²) in [4.78, 5) is 36.0. The van der Waals surface area contributed by atoms with Gasteiger partial charge in [0.15, 0.2) is 0 Å². The Balaban J connectivity index is 4.01. The molecule has 0 atom stereocenters. The van der Waals surface area contributed by atoms with Gasteiger partial charge < -0.3 is 0 Å². The van der Waals surface area contributed by atoms with Gasteiger partial charge in [0.25, 0.3) is 0 Å². The molecule has 18 heavy (non-hydrogen) atoms. The highest BCUT2D eigenvalue weighted by Crippen LogP contribution is 1.92. The van der Waals surface area contributed by atoms with Crippen LogP contribution in [0.5, 0.6) is 0 Å². The molecule has 6 nitrogen and oxygen atoms in total.